The van der Waals surface area contributed by atoms with Crippen molar-refractivity contribution in [3.8, 4) is 27.4 Å². The van der Waals surface area contributed by atoms with Gasteiger partial charge in [0.05, 0.1) is 10.4 Å². The van der Waals surface area contributed by atoms with E-state index in [9.17, 15) is 15.0 Å². The first-order chi connectivity index (χ1) is 12.1. The van der Waals surface area contributed by atoms with Crippen LogP contribution in [0.4, 0.5) is 0 Å². The fraction of sp³-hybridized carbons (Fsp3) is 0. The number of pyridine rings is 1. The van der Waals surface area contributed by atoms with Crippen LogP contribution < -0.4 is 0 Å². The number of aromatic nitrogens is 1. The molecule has 4 aromatic rings. The summed E-state index contributed by atoms with van der Waals surface area (Å²) >= 11 is 1.49. The Morgan fingerprint density at radius 1 is 0.920 bits per heavy atom. The monoisotopic (exact) mass is 347 g/mol. The Balaban J connectivity index is 2.05. The molecular formula is C20H13NO3S. The van der Waals surface area contributed by atoms with E-state index in [0.29, 0.717) is 11.1 Å². The maximum Gasteiger partial charge on any atom is 0.358 e. The highest BCUT2D eigenvalue weighted by Crippen LogP contribution is 2.43. The third-order valence-corrected chi connectivity index (χ3v) is 5.15. The molecule has 4 rings (SSSR count). The maximum atomic E-state index is 11.5. The van der Waals surface area contributed by atoms with Gasteiger partial charge in [0.2, 0.25) is 0 Å². The molecule has 0 unspecified atom stereocenters. The largest absolute Gasteiger partial charge is 0.505 e. The van der Waals surface area contributed by atoms with E-state index in [-0.39, 0.29) is 11.4 Å². The quantitative estimate of drug-likeness (QED) is 0.545. The molecule has 0 aliphatic carbocycles. The SMILES string of the molecule is O=C(O)c1nc(-c2ccccc2)c2sc(-c3ccccc3)cc2c1O. The lowest BCUT2D eigenvalue weighted by Crippen LogP contribution is -2.02. The van der Waals surface area contributed by atoms with Gasteiger partial charge in [0.1, 0.15) is 0 Å². The predicted octanol–water partition coefficient (Wildman–Crippen LogP) is 5.03. The first-order valence-electron chi connectivity index (χ1n) is 7.66. The van der Waals surface area contributed by atoms with E-state index in [1.165, 1.54) is 11.3 Å². The summed E-state index contributed by atoms with van der Waals surface area (Å²) in [5, 5.41) is 20.3. The van der Waals surface area contributed by atoms with E-state index >= 15 is 0 Å². The van der Waals surface area contributed by atoms with Gasteiger partial charge >= 0.3 is 5.97 Å². The number of rotatable bonds is 3. The molecule has 0 radical (unpaired) electrons. The summed E-state index contributed by atoms with van der Waals surface area (Å²) < 4.78 is 0.771. The third-order valence-electron chi connectivity index (χ3n) is 3.96. The van der Waals surface area contributed by atoms with Crippen LogP contribution in [-0.4, -0.2) is 21.2 Å². The summed E-state index contributed by atoms with van der Waals surface area (Å²) in [5.74, 6) is -1.54. The molecule has 0 aliphatic heterocycles. The average molecular weight is 347 g/mol. The normalized spacial score (nSPS) is 10.9. The van der Waals surface area contributed by atoms with Gasteiger partial charge in [-0.3, -0.25) is 0 Å². The second-order valence-corrected chi connectivity index (χ2v) is 6.60. The zero-order valence-electron chi connectivity index (χ0n) is 13.0. The summed E-state index contributed by atoms with van der Waals surface area (Å²) in [7, 11) is 0. The molecule has 4 nitrogen and oxygen atoms in total. The average Bonchev–Trinajstić information content (AvgIpc) is 3.09. The molecule has 0 aliphatic rings. The smallest absolute Gasteiger partial charge is 0.358 e. The van der Waals surface area contributed by atoms with E-state index in [2.05, 4.69) is 4.98 Å². The number of nitrogens with zero attached hydrogens (tertiary/aromatic N) is 1. The van der Waals surface area contributed by atoms with E-state index in [1.807, 2.05) is 66.7 Å². The van der Waals surface area contributed by atoms with Gasteiger partial charge < -0.3 is 10.2 Å². The van der Waals surface area contributed by atoms with Crippen LogP contribution in [0, 0.1) is 0 Å². The van der Waals surface area contributed by atoms with Crippen molar-refractivity contribution in [1.29, 1.82) is 0 Å². The second-order valence-electron chi connectivity index (χ2n) is 5.55. The summed E-state index contributed by atoms with van der Waals surface area (Å²) in [5.41, 5.74) is 2.07. The summed E-state index contributed by atoms with van der Waals surface area (Å²) in [6, 6.07) is 21.0. The number of hydrogen-bond donors (Lipinski definition) is 2. The minimum Gasteiger partial charge on any atom is -0.505 e. The molecule has 25 heavy (non-hydrogen) atoms. The van der Waals surface area contributed by atoms with Crippen molar-refractivity contribution < 1.29 is 15.0 Å². The van der Waals surface area contributed by atoms with Gasteiger partial charge in [-0.25, -0.2) is 9.78 Å². The predicted molar refractivity (Wildman–Crippen MR) is 99.1 cm³/mol. The number of carboxylic acids is 1. The number of hydrogen-bond acceptors (Lipinski definition) is 4. The lowest BCUT2D eigenvalue weighted by molar-refractivity contribution is 0.0687. The first-order valence-corrected chi connectivity index (χ1v) is 8.47. The molecule has 122 valence electrons. The van der Waals surface area contributed by atoms with Crippen molar-refractivity contribution in [2.75, 3.05) is 0 Å². The molecule has 0 saturated carbocycles. The van der Waals surface area contributed by atoms with Crippen LogP contribution in [0.3, 0.4) is 0 Å². The van der Waals surface area contributed by atoms with Crippen molar-refractivity contribution in [3.63, 3.8) is 0 Å². The molecule has 0 fully saturated rings. The topological polar surface area (TPSA) is 70.4 Å². The maximum absolute atomic E-state index is 11.5. The number of aromatic carboxylic acids is 1. The Kier molecular flexibility index (Phi) is 3.71. The molecule has 0 atom stereocenters. The molecule has 0 spiro atoms. The third kappa shape index (κ3) is 2.64. The van der Waals surface area contributed by atoms with E-state index < -0.39 is 5.97 Å². The van der Waals surface area contributed by atoms with E-state index in [1.54, 1.807) is 0 Å². The molecule has 5 heteroatoms. The highest BCUT2D eigenvalue weighted by Gasteiger charge is 2.21. The summed E-state index contributed by atoms with van der Waals surface area (Å²) in [6.07, 6.45) is 0. The molecule has 2 aromatic heterocycles. The summed E-state index contributed by atoms with van der Waals surface area (Å²) in [6.45, 7) is 0. The van der Waals surface area contributed by atoms with Crippen LogP contribution in [0.5, 0.6) is 5.75 Å². The lowest BCUT2D eigenvalue weighted by Gasteiger charge is -2.06. The minimum atomic E-state index is -1.25. The van der Waals surface area contributed by atoms with Gasteiger partial charge in [-0.05, 0) is 11.6 Å². The van der Waals surface area contributed by atoms with Gasteiger partial charge in [-0.2, -0.15) is 0 Å². The van der Waals surface area contributed by atoms with E-state index in [4.69, 9.17) is 0 Å². The fourth-order valence-electron chi connectivity index (χ4n) is 2.77. The Hall–Kier alpha value is -3.18. The van der Waals surface area contributed by atoms with Crippen LogP contribution in [0.1, 0.15) is 10.5 Å². The molecule has 2 aromatic carbocycles. The van der Waals surface area contributed by atoms with Gasteiger partial charge in [0, 0.05) is 15.8 Å². The number of carboxylic acid groups (broad SMARTS) is 1. The highest BCUT2D eigenvalue weighted by atomic mass is 32.1. The second kappa shape index (κ2) is 6.03. The van der Waals surface area contributed by atoms with Gasteiger partial charge in [-0.1, -0.05) is 60.7 Å². The Bertz CT molecular complexity index is 1070. The number of aromatic hydroxyl groups is 1. The number of fused-ring (bicyclic) bond motifs is 1. The van der Waals surface area contributed by atoms with Crippen LogP contribution in [0.15, 0.2) is 66.7 Å². The zero-order chi connectivity index (χ0) is 17.4. The highest BCUT2D eigenvalue weighted by molar-refractivity contribution is 7.22. The standard InChI is InChI=1S/C20H13NO3S/c22-18-14-11-15(12-7-3-1-4-8-12)25-19(14)16(21-17(18)20(23)24)13-9-5-2-6-10-13/h1-11,22H,(H,23,24). The Morgan fingerprint density at radius 2 is 1.52 bits per heavy atom. The van der Waals surface area contributed by atoms with Gasteiger partial charge in [-0.15, -0.1) is 11.3 Å². The number of benzene rings is 2. The Labute approximate surface area is 147 Å². The van der Waals surface area contributed by atoms with Crippen molar-refractivity contribution in [1.82, 2.24) is 4.98 Å². The van der Waals surface area contributed by atoms with Crippen molar-refractivity contribution in [3.05, 3.63) is 72.4 Å². The van der Waals surface area contributed by atoms with E-state index in [0.717, 1.165) is 20.7 Å². The molecule has 2 heterocycles. The molecule has 2 N–H and O–H groups in total. The first kappa shape index (κ1) is 15.4. The minimum absolute atomic E-state index is 0.291. The Morgan fingerprint density at radius 3 is 2.12 bits per heavy atom. The van der Waals surface area contributed by atoms with Crippen molar-refractivity contribution in [2.24, 2.45) is 0 Å². The van der Waals surface area contributed by atoms with Crippen LogP contribution in [0.2, 0.25) is 0 Å². The van der Waals surface area contributed by atoms with Crippen LogP contribution in [-0.2, 0) is 0 Å². The lowest BCUT2D eigenvalue weighted by atomic mass is 10.1. The van der Waals surface area contributed by atoms with Crippen LogP contribution in [0.25, 0.3) is 31.8 Å². The summed E-state index contributed by atoms with van der Waals surface area (Å²) in [4.78, 5) is 16.7. The molecule has 0 bridgehead atoms. The molecule has 0 saturated heterocycles. The molecule has 0 amide bonds. The zero-order valence-corrected chi connectivity index (χ0v) is 13.8. The van der Waals surface area contributed by atoms with Crippen molar-refractivity contribution >= 4 is 27.4 Å². The molecular weight excluding hydrogens is 334 g/mol. The van der Waals surface area contributed by atoms with Crippen molar-refractivity contribution in [2.45, 2.75) is 0 Å². The van der Waals surface area contributed by atoms with Gasteiger partial charge in [0.25, 0.3) is 0 Å². The van der Waals surface area contributed by atoms with Crippen LogP contribution >= 0.6 is 11.3 Å². The number of thiophene rings is 1. The number of carbonyl (C=O) groups is 1. The van der Waals surface area contributed by atoms with Gasteiger partial charge in [0.15, 0.2) is 11.4 Å². The fourth-order valence-corrected chi connectivity index (χ4v) is 3.95.